The average molecular weight is 315 g/mol. The molecule has 21 heavy (non-hydrogen) atoms. The van der Waals surface area contributed by atoms with Crippen LogP contribution >= 0.6 is 0 Å². The first-order valence-electron chi connectivity index (χ1n) is 7.28. The fourth-order valence-electron chi connectivity index (χ4n) is 3.00. The lowest BCUT2D eigenvalue weighted by atomic mass is 10.2. The van der Waals surface area contributed by atoms with Gasteiger partial charge >= 0.3 is 0 Å². The maximum absolute atomic E-state index is 12.7. The van der Waals surface area contributed by atoms with Crippen LogP contribution in [0.3, 0.4) is 0 Å². The quantitative estimate of drug-likeness (QED) is 0.851. The number of nitrogens with two attached hydrogens (primary N) is 1. The third kappa shape index (κ3) is 2.93. The Morgan fingerprint density at radius 3 is 2.67 bits per heavy atom. The van der Waals surface area contributed by atoms with Crippen molar-refractivity contribution in [3.63, 3.8) is 0 Å². The van der Waals surface area contributed by atoms with Crippen LogP contribution in [0.25, 0.3) is 0 Å². The summed E-state index contributed by atoms with van der Waals surface area (Å²) in [5, 5.41) is 4.00. The molecule has 0 amide bonds. The highest BCUT2D eigenvalue weighted by Crippen LogP contribution is 2.26. The molecule has 2 heterocycles. The number of nitrogens with zero attached hydrogens (tertiary/aromatic N) is 4. The molecule has 0 radical (unpaired) electrons. The lowest BCUT2D eigenvalue weighted by Crippen LogP contribution is -2.41. The Bertz CT molecular complexity index is 610. The van der Waals surface area contributed by atoms with E-state index in [2.05, 4.69) is 16.9 Å². The number of anilines is 1. The number of rotatable bonds is 5. The zero-order valence-corrected chi connectivity index (χ0v) is 14.0. The molecule has 120 valence electrons. The van der Waals surface area contributed by atoms with E-state index in [9.17, 15) is 8.42 Å². The molecule has 0 aliphatic carbocycles. The van der Waals surface area contributed by atoms with Crippen molar-refractivity contribution in [2.24, 2.45) is 7.05 Å². The Morgan fingerprint density at radius 2 is 2.14 bits per heavy atom. The SMILES string of the molecule is CCN1CCCC1CN(C)S(=O)(=O)c1c(N)nn(C)c1C. The van der Waals surface area contributed by atoms with Crippen LogP contribution in [-0.2, 0) is 17.1 Å². The minimum Gasteiger partial charge on any atom is -0.381 e. The van der Waals surface area contributed by atoms with Crippen molar-refractivity contribution in [1.82, 2.24) is 19.0 Å². The van der Waals surface area contributed by atoms with Gasteiger partial charge in [-0.15, -0.1) is 0 Å². The molecule has 2 N–H and O–H groups in total. The van der Waals surface area contributed by atoms with E-state index in [1.165, 1.54) is 8.99 Å². The number of hydrogen-bond donors (Lipinski definition) is 1. The molecule has 1 fully saturated rings. The fraction of sp³-hybridized carbons (Fsp3) is 0.769. The molecule has 0 aromatic carbocycles. The van der Waals surface area contributed by atoms with Crippen molar-refractivity contribution >= 4 is 15.8 Å². The molecule has 1 aromatic rings. The van der Waals surface area contributed by atoms with Crippen molar-refractivity contribution in [2.45, 2.75) is 37.6 Å². The zero-order chi connectivity index (χ0) is 15.8. The molecule has 2 rings (SSSR count). The smallest absolute Gasteiger partial charge is 0.248 e. The third-order valence-electron chi connectivity index (χ3n) is 4.35. The molecular weight excluding hydrogens is 290 g/mol. The molecule has 1 aliphatic heterocycles. The van der Waals surface area contributed by atoms with Gasteiger partial charge in [-0.1, -0.05) is 6.92 Å². The highest BCUT2D eigenvalue weighted by molar-refractivity contribution is 7.89. The summed E-state index contributed by atoms with van der Waals surface area (Å²) >= 11 is 0. The van der Waals surface area contributed by atoms with E-state index in [0.717, 1.165) is 25.9 Å². The Hall–Kier alpha value is -1.12. The minimum absolute atomic E-state index is 0.0700. The number of nitrogen functional groups attached to an aromatic ring is 1. The maximum Gasteiger partial charge on any atom is 0.248 e. The van der Waals surface area contributed by atoms with E-state index in [1.54, 1.807) is 21.0 Å². The van der Waals surface area contributed by atoms with Crippen molar-refractivity contribution in [2.75, 3.05) is 32.4 Å². The molecule has 0 bridgehead atoms. The van der Waals surface area contributed by atoms with Crippen molar-refractivity contribution < 1.29 is 8.42 Å². The Balaban J connectivity index is 2.23. The molecule has 7 nitrogen and oxygen atoms in total. The van der Waals surface area contributed by atoms with Gasteiger partial charge in [-0.3, -0.25) is 9.58 Å². The predicted octanol–water partition coefficient (Wildman–Crippen LogP) is 0.416. The summed E-state index contributed by atoms with van der Waals surface area (Å²) in [5.41, 5.74) is 6.35. The van der Waals surface area contributed by atoms with Gasteiger partial charge in [0.25, 0.3) is 0 Å². The van der Waals surface area contributed by atoms with Crippen LogP contribution in [0.5, 0.6) is 0 Å². The van der Waals surface area contributed by atoms with Crippen molar-refractivity contribution in [3.05, 3.63) is 5.69 Å². The number of likely N-dealkylation sites (N-methyl/N-ethyl adjacent to an activating group) is 2. The van der Waals surface area contributed by atoms with Crippen molar-refractivity contribution in [3.8, 4) is 0 Å². The molecule has 1 unspecified atom stereocenters. The molecule has 1 aliphatic rings. The first-order chi connectivity index (χ1) is 9.78. The van der Waals surface area contributed by atoms with Crippen LogP contribution in [0.15, 0.2) is 4.90 Å². The van der Waals surface area contributed by atoms with Gasteiger partial charge in [0.2, 0.25) is 10.0 Å². The van der Waals surface area contributed by atoms with E-state index < -0.39 is 10.0 Å². The lowest BCUT2D eigenvalue weighted by molar-refractivity contribution is 0.237. The van der Waals surface area contributed by atoms with E-state index in [0.29, 0.717) is 12.2 Å². The molecular formula is C13H25N5O2S. The largest absolute Gasteiger partial charge is 0.381 e. The first kappa shape index (κ1) is 16.3. The van der Waals surface area contributed by atoms with Gasteiger partial charge in [0.15, 0.2) is 5.82 Å². The Kier molecular flexibility index (Phi) is 4.60. The molecule has 8 heteroatoms. The molecule has 1 saturated heterocycles. The number of sulfonamides is 1. The van der Waals surface area contributed by atoms with Gasteiger partial charge in [-0.25, -0.2) is 8.42 Å². The van der Waals surface area contributed by atoms with E-state index >= 15 is 0 Å². The second-order valence-corrected chi connectivity index (χ2v) is 7.62. The monoisotopic (exact) mass is 315 g/mol. The number of hydrogen-bond acceptors (Lipinski definition) is 5. The number of likely N-dealkylation sites (tertiary alicyclic amines) is 1. The van der Waals surface area contributed by atoms with Crippen LogP contribution in [0.1, 0.15) is 25.5 Å². The highest BCUT2D eigenvalue weighted by atomic mass is 32.2. The lowest BCUT2D eigenvalue weighted by Gasteiger charge is -2.27. The van der Waals surface area contributed by atoms with Crippen LogP contribution in [0.4, 0.5) is 5.82 Å². The van der Waals surface area contributed by atoms with Crippen LogP contribution < -0.4 is 5.73 Å². The summed E-state index contributed by atoms with van der Waals surface area (Å²) in [5.74, 6) is 0.0700. The number of aromatic nitrogens is 2. The normalized spacial score (nSPS) is 20.5. The van der Waals surface area contributed by atoms with Gasteiger partial charge in [0.1, 0.15) is 4.90 Å². The number of aryl methyl sites for hydroxylation is 1. The summed E-state index contributed by atoms with van der Waals surface area (Å²) in [7, 11) is -0.287. The summed E-state index contributed by atoms with van der Waals surface area (Å²) in [6.45, 7) is 6.31. The third-order valence-corrected chi connectivity index (χ3v) is 6.34. The van der Waals surface area contributed by atoms with Crippen LogP contribution in [-0.4, -0.2) is 60.1 Å². The Labute approximate surface area is 126 Å². The molecule has 0 saturated carbocycles. The first-order valence-corrected chi connectivity index (χ1v) is 8.72. The zero-order valence-electron chi connectivity index (χ0n) is 13.2. The van der Waals surface area contributed by atoms with Gasteiger partial charge in [0.05, 0.1) is 5.69 Å². The second-order valence-electron chi connectivity index (χ2n) is 5.63. The van der Waals surface area contributed by atoms with Crippen LogP contribution in [0.2, 0.25) is 0 Å². The van der Waals surface area contributed by atoms with Gasteiger partial charge < -0.3 is 5.73 Å². The average Bonchev–Trinajstić information content (AvgIpc) is 2.94. The summed E-state index contributed by atoms with van der Waals surface area (Å²) in [6.07, 6.45) is 2.16. The maximum atomic E-state index is 12.7. The van der Waals surface area contributed by atoms with Gasteiger partial charge in [0, 0.05) is 26.7 Å². The van der Waals surface area contributed by atoms with Gasteiger partial charge in [-0.05, 0) is 32.9 Å². The fourth-order valence-corrected chi connectivity index (χ4v) is 4.49. The van der Waals surface area contributed by atoms with E-state index in [4.69, 9.17) is 5.73 Å². The van der Waals surface area contributed by atoms with Crippen molar-refractivity contribution in [1.29, 1.82) is 0 Å². The highest BCUT2D eigenvalue weighted by Gasteiger charge is 2.32. The topological polar surface area (TPSA) is 84.5 Å². The summed E-state index contributed by atoms with van der Waals surface area (Å²) < 4.78 is 28.4. The molecule has 0 spiro atoms. The second kappa shape index (κ2) is 5.94. The van der Waals surface area contributed by atoms with E-state index in [1.807, 2.05) is 0 Å². The van der Waals surface area contributed by atoms with Gasteiger partial charge in [-0.2, -0.15) is 9.40 Å². The minimum atomic E-state index is -3.60. The predicted molar refractivity (Wildman–Crippen MR) is 82.4 cm³/mol. The van der Waals surface area contributed by atoms with E-state index in [-0.39, 0.29) is 16.8 Å². The standard InChI is InChI=1S/C13H25N5O2S/c1-5-18-8-6-7-11(18)9-16(3)21(19,20)12-10(2)17(4)15-13(12)14/h11H,5-9H2,1-4H3,(H2,14,15). The summed E-state index contributed by atoms with van der Waals surface area (Å²) in [4.78, 5) is 2.46. The Morgan fingerprint density at radius 1 is 1.48 bits per heavy atom. The summed E-state index contributed by atoms with van der Waals surface area (Å²) in [6, 6.07) is 0.285. The molecule has 1 atom stereocenters. The molecule has 1 aromatic heterocycles. The van der Waals surface area contributed by atoms with Crippen LogP contribution in [0, 0.1) is 6.92 Å².